The zero-order valence-electron chi connectivity index (χ0n) is 18.0. The molecule has 0 saturated heterocycles. The summed E-state index contributed by atoms with van der Waals surface area (Å²) in [6.07, 6.45) is 2.04. The maximum absolute atomic E-state index is 13.5. The van der Waals surface area contributed by atoms with Crippen LogP contribution < -0.4 is 10.2 Å². The summed E-state index contributed by atoms with van der Waals surface area (Å²) in [6.45, 7) is 8.48. The lowest BCUT2D eigenvalue weighted by Gasteiger charge is -2.26. The van der Waals surface area contributed by atoms with Crippen molar-refractivity contribution in [2.24, 2.45) is 0 Å². The third kappa shape index (κ3) is 4.02. The van der Waals surface area contributed by atoms with Crippen LogP contribution in [0.2, 0.25) is 0 Å². The second-order valence-electron chi connectivity index (χ2n) is 8.36. The first kappa shape index (κ1) is 20.0. The van der Waals surface area contributed by atoms with E-state index in [0.29, 0.717) is 11.6 Å². The fourth-order valence-electron chi connectivity index (χ4n) is 3.91. The SMILES string of the molecule is Cc1cccc(NC2=CC(c3ccc(C(C)C)cc3)N(c3cccc(C)c3)C2=O)c1. The summed E-state index contributed by atoms with van der Waals surface area (Å²) in [4.78, 5) is 15.3. The van der Waals surface area contributed by atoms with E-state index in [0.717, 1.165) is 28.1 Å². The van der Waals surface area contributed by atoms with Crippen molar-refractivity contribution in [2.45, 2.75) is 39.7 Å². The minimum atomic E-state index is -0.146. The molecular weight excluding hydrogens is 368 g/mol. The minimum absolute atomic E-state index is 0.0138. The Hall–Kier alpha value is -3.33. The van der Waals surface area contributed by atoms with Crippen molar-refractivity contribution in [3.05, 3.63) is 107 Å². The molecule has 1 unspecified atom stereocenters. The molecule has 4 rings (SSSR count). The molecule has 3 nitrogen and oxygen atoms in total. The molecule has 0 spiro atoms. The van der Waals surface area contributed by atoms with Crippen LogP contribution in [-0.2, 0) is 4.79 Å². The molecule has 0 bridgehead atoms. The number of anilines is 2. The number of rotatable bonds is 5. The van der Waals surface area contributed by atoms with Crippen molar-refractivity contribution >= 4 is 17.3 Å². The van der Waals surface area contributed by atoms with E-state index in [9.17, 15) is 4.79 Å². The van der Waals surface area contributed by atoms with Gasteiger partial charge in [-0.1, -0.05) is 62.4 Å². The number of hydrogen-bond acceptors (Lipinski definition) is 2. The average Bonchev–Trinajstić information content (AvgIpc) is 3.04. The Labute approximate surface area is 179 Å². The molecule has 0 aromatic heterocycles. The van der Waals surface area contributed by atoms with Crippen molar-refractivity contribution in [2.75, 3.05) is 10.2 Å². The van der Waals surface area contributed by atoms with Gasteiger partial charge in [-0.2, -0.15) is 0 Å². The highest BCUT2D eigenvalue weighted by Gasteiger charge is 2.34. The molecule has 0 aliphatic carbocycles. The van der Waals surface area contributed by atoms with Crippen LogP contribution in [0.5, 0.6) is 0 Å². The number of benzene rings is 3. The summed E-state index contributed by atoms with van der Waals surface area (Å²) in [5.74, 6) is 0.464. The van der Waals surface area contributed by atoms with Crippen molar-refractivity contribution in [3.8, 4) is 0 Å². The molecule has 3 heteroatoms. The first-order chi connectivity index (χ1) is 14.4. The molecule has 30 heavy (non-hydrogen) atoms. The number of amides is 1. The average molecular weight is 397 g/mol. The van der Waals surface area contributed by atoms with Gasteiger partial charge in [0.2, 0.25) is 0 Å². The van der Waals surface area contributed by atoms with Crippen LogP contribution in [0.25, 0.3) is 0 Å². The second kappa shape index (κ2) is 8.19. The monoisotopic (exact) mass is 396 g/mol. The van der Waals surface area contributed by atoms with E-state index in [-0.39, 0.29) is 11.9 Å². The lowest BCUT2D eigenvalue weighted by Crippen LogP contribution is -2.30. The second-order valence-corrected chi connectivity index (χ2v) is 8.36. The zero-order valence-corrected chi connectivity index (χ0v) is 18.0. The normalized spacial score (nSPS) is 16.2. The maximum atomic E-state index is 13.5. The molecule has 0 fully saturated rings. The van der Waals surface area contributed by atoms with Crippen LogP contribution in [0.15, 0.2) is 84.6 Å². The molecule has 1 aliphatic rings. The third-order valence-corrected chi connectivity index (χ3v) is 5.57. The molecular formula is C27H28N2O. The van der Waals surface area contributed by atoms with E-state index in [2.05, 4.69) is 68.6 Å². The van der Waals surface area contributed by atoms with Crippen LogP contribution in [0, 0.1) is 13.8 Å². The van der Waals surface area contributed by atoms with Crippen molar-refractivity contribution in [1.82, 2.24) is 0 Å². The quantitative estimate of drug-likeness (QED) is 0.533. The van der Waals surface area contributed by atoms with Gasteiger partial charge in [-0.05, 0) is 72.4 Å². The van der Waals surface area contributed by atoms with Gasteiger partial charge in [0.25, 0.3) is 5.91 Å². The van der Waals surface area contributed by atoms with Gasteiger partial charge in [-0.3, -0.25) is 9.69 Å². The van der Waals surface area contributed by atoms with Crippen molar-refractivity contribution < 1.29 is 4.79 Å². The van der Waals surface area contributed by atoms with Gasteiger partial charge in [-0.25, -0.2) is 0 Å². The lowest BCUT2D eigenvalue weighted by molar-refractivity contribution is -0.114. The molecule has 0 saturated carbocycles. The van der Waals surface area contributed by atoms with E-state index >= 15 is 0 Å². The van der Waals surface area contributed by atoms with Crippen LogP contribution in [0.1, 0.15) is 48.1 Å². The van der Waals surface area contributed by atoms with Crippen LogP contribution >= 0.6 is 0 Å². The predicted octanol–water partition coefficient (Wildman–Crippen LogP) is 6.51. The summed E-state index contributed by atoms with van der Waals surface area (Å²) in [5.41, 5.74) is 7.14. The molecule has 1 heterocycles. The predicted molar refractivity (Wildman–Crippen MR) is 125 cm³/mol. The summed E-state index contributed by atoms with van der Waals surface area (Å²) in [5, 5.41) is 3.35. The van der Waals surface area contributed by atoms with E-state index < -0.39 is 0 Å². The standard InChI is InChI=1S/C27H28N2O/c1-18(2)21-11-13-22(14-12-21)26-17-25(28-23-9-5-7-19(3)15-23)27(30)29(26)24-10-6-8-20(4)16-24/h5-18,26,28H,1-4H3. The first-order valence-corrected chi connectivity index (χ1v) is 10.5. The van der Waals surface area contributed by atoms with Gasteiger partial charge in [0.05, 0.1) is 6.04 Å². The number of nitrogens with one attached hydrogen (secondary N) is 1. The first-order valence-electron chi connectivity index (χ1n) is 10.5. The number of nitrogens with zero attached hydrogens (tertiary/aromatic N) is 1. The Bertz CT molecular complexity index is 1100. The third-order valence-electron chi connectivity index (χ3n) is 5.57. The molecule has 3 aromatic carbocycles. The van der Waals surface area contributed by atoms with Crippen molar-refractivity contribution in [1.29, 1.82) is 0 Å². The Morgan fingerprint density at radius 3 is 2.17 bits per heavy atom. The summed E-state index contributed by atoms with van der Waals surface area (Å²) < 4.78 is 0. The number of carbonyl (C=O) groups is 1. The molecule has 1 amide bonds. The van der Waals surface area contributed by atoms with Crippen LogP contribution in [-0.4, -0.2) is 5.91 Å². The lowest BCUT2D eigenvalue weighted by atomic mass is 9.98. The Morgan fingerprint density at radius 1 is 0.867 bits per heavy atom. The van der Waals surface area contributed by atoms with Gasteiger partial charge in [-0.15, -0.1) is 0 Å². The summed E-state index contributed by atoms with van der Waals surface area (Å²) in [7, 11) is 0. The molecule has 0 radical (unpaired) electrons. The van der Waals surface area contributed by atoms with Gasteiger partial charge in [0, 0.05) is 11.4 Å². The summed E-state index contributed by atoms with van der Waals surface area (Å²) in [6, 6.07) is 24.7. The highest BCUT2D eigenvalue weighted by molar-refractivity contribution is 6.11. The zero-order chi connectivity index (χ0) is 21.3. The van der Waals surface area contributed by atoms with Gasteiger partial charge >= 0.3 is 0 Å². The maximum Gasteiger partial charge on any atom is 0.275 e. The molecule has 1 atom stereocenters. The summed E-state index contributed by atoms with van der Waals surface area (Å²) >= 11 is 0. The topological polar surface area (TPSA) is 32.3 Å². The van der Waals surface area contributed by atoms with Gasteiger partial charge in [0.15, 0.2) is 0 Å². The smallest absolute Gasteiger partial charge is 0.275 e. The van der Waals surface area contributed by atoms with Crippen LogP contribution in [0.3, 0.4) is 0 Å². The minimum Gasteiger partial charge on any atom is -0.351 e. The van der Waals surface area contributed by atoms with E-state index in [1.165, 1.54) is 5.56 Å². The largest absolute Gasteiger partial charge is 0.351 e. The van der Waals surface area contributed by atoms with Gasteiger partial charge in [0.1, 0.15) is 5.70 Å². The Balaban J connectivity index is 1.73. The Morgan fingerprint density at radius 2 is 1.53 bits per heavy atom. The molecule has 1 aliphatic heterocycles. The molecule has 3 aromatic rings. The molecule has 1 N–H and O–H groups in total. The highest BCUT2D eigenvalue weighted by atomic mass is 16.2. The number of carbonyl (C=O) groups excluding carboxylic acids is 1. The Kier molecular flexibility index (Phi) is 5.45. The van der Waals surface area contributed by atoms with E-state index in [1.807, 2.05) is 48.2 Å². The van der Waals surface area contributed by atoms with Crippen LogP contribution in [0.4, 0.5) is 11.4 Å². The number of hydrogen-bond donors (Lipinski definition) is 1. The van der Waals surface area contributed by atoms with E-state index in [1.54, 1.807) is 0 Å². The highest BCUT2D eigenvalue weighted by Crippen LogP contribution is 2.36. The number of aryl methyl sites for hydroxylation is 2. The van der Waals surface area contributed by atoms with Gasteiger partial charge < -0.3 is 5.32 Å². The fourth-order valence-corrected chi connectivity index (χ4v) is 3.91. The fraction of sp³-hybridized carbons (Fsp3) is 0.222. The van der Waals surface area contributed by atoms with Crippen molar-refractivity contribution in [3.63, 3.8) is 0 Å². The van der Waals surface area contributed by atoms with E-state index in [4.69, 9.17) is 0 Å². The molecule has 152 valence electrons.